The van der Waals surface area contributed by atoms with Crippen LogP contribution >= 0.6 is 15.9 Å². The Morgan fingerprint density at radius 3 is 2.57 bits per heavy atom. The molecule has 0 heterocycles. The average molecular weight is 262 g/mol. The molecule has 0 saturated heterocycles. The minimum Gasteiger partial charge on any atom is -0.351 e. The van der Waals surface area contributed by atoms with E-state index in [0.29, 0.717) is 12.3 Å². The summed E-state index contributed by atoms with van der Waals surface area (Å²) in [5.74, 6) is 0.922. The average Bonchev–Trinajstić information content (AvgIpc) is 2.85. The van der Waals surface area contributed by atoms with Crippen LogP contribution in [0.3, 0.4) is 0 Å². The predicted molar refractivity (Wildman–Crippen MR) is 62.6 cm³/mol. The maximum absolute atomic E-state index is 11.5. The number of hydrogen-bond acceptors (Lipinski definition) is 1. The quantitative estimate of drug-likeness (QED) is 0.578. The molecule has 1 saturated carbocycles. The summed E-state index contributed by atoms with van der Waals surface area (Å²) in [4.78, 5) is 11.5. The lowest BCUT2D eigenvalue weighted by molar-refractivity contribution is -0.123. The summed E-state index contributed by atoms with van der Waals surface area (Å²) in [6.07, 6.45) is 5.28. The molecule has 0 atom stereocenters. The third-order valence-electron chi connectivity index (χ3n) is 2.85. The Bertz CT molecular complexity index is 199. The van der Waals surface area contributed by atoms with Crippen molar-refractivity contribution in [1.29, 1.82) is 0 Å². The van der Waals surface area contributed by atoms with Gasteiger partial charge in [-0.2, -0.15) is 0 Å². The molecule has 1 aliphatic rings. The standard InChI is InChI=1S/C11H20BrNO/c1-11(2,9-6-7-9)13-10(14)5-3-4-8-12/h9H,3-8H2,1-2H3,(H,13,14). The molecule has 1 rings (SSSR count). The fourth-order valence-corrected chi connectivity index (χ4v) is 2.11. The first-order chi connectivity index (χ1) is 6.56. The van der Waals surface area contributed by atoms with Crippen LogP contribution in [0.5, 0.6) is 0 Å². The minimum absolute atomic E-state index is 0.0193. The van der Waals surface area contributed by atoms with Crippen molar-refractivity contribution in [3.05, 3.63) is 0 Å². The van der Waals surface area contributed by atoms with Crippen LogP contribution in [0, 0.1) is 5.92 Å². The summed E-state index contributed by atoms with van der Waals surface area (Å²) in [6.45, 7) is 4.26. The molecule has 1 amide bonds. The number of alkyl halides is 1. The Morgan fingerprint density at radius 2 is 2.07 bits per heavy atom. The van der Waals surface area contributed by atoms with Gasteiger partial charge in [-0.25, -0.2) is 0 Å². The first-order valence-corrected chi connectivity index (χ1v) is 6.55. The highest BCUT2D eigenvalue weighted by atomic mass is 79.9. The van der Waals surface area contributed by atoms with E-state index in [4.69, 9.17) is 0 Å². The second-order valence-electron chi connectivity index (χ2n) is 4.69. The van der Waals surface area contributed by atoms with Crippen molar-refractivity contribution in [2.75, 3.05) is 5.33 Å². The third kappa shape index (κ3) is 3.99. The molecule has 3 heteroatoms. The van der Waals surface area contributed by atoms with Gasteiger partial charge < -0.3 is 5.32 Å². The minimum atomic E-state index is 0.0193. The molecule has 14 heavy (non-hydrogen) atoms. The number of hydrogen-bond donors (Lipinski definition) is 1. The van der Waals surface area contributed by atoms with E-state index in [9.17, 15) is 4.79 Å². The fourth-order valence-electron chi connectivity index (χ4n) is 1.71. The Kier molecular flexibility index (Phi) is 4.42. The van der Waals surface area contributed by atoms with Gasteiger partial charge in [-0.3, -0.25) is 4.79 Å². The SMILES string of the molecule is CC(C)(NC(=O)CCCCBr)C1CC1. The van der Waals surface area contributed by atoms with Crippen molar-refractivity contribution in [1.82, 2.24) is 5.32 Å². The summed E-state index contributed by atoms with van der Waals surface area (Å²) in [7, 11) is 0. The van der Waals surface area contributed by atoms with E-state index in [0.717, 1.165) is 18.2 Å². The van der Waals surface area contributed by atoms with Crippen LogP contribution in [0.15, 0.2) is 0 Å². The zero-order valence-corrected chi connectivity index (χ0v) is 10.7. The summed E-state index contributed by atoms with van der Waals surface area (Å²) < 4.78 is 0. The summed E-state index contributed by atoms with van der Waals surface area (Å²) >= 11 is 3.36. The van der Waals surface area contributed by atoms with Crippen molar-refractivity contribution in [2.45, 2.75) is 51.5 Å². The van der Waals surface area contributed by atoms with E-state index in [1.807, 2.05) is 0 Å². The fraction of sp³-hybridized carbons (Fsp3) is 0.909. The maximum Gasteiger partial charge on any atom is 0.220 e. The molecule has 0 aromatic carbocycles. The third-order valence-corrected chi connectivity index (χ3v) is 3.41. The summed E-state index contributed by atoms with van der Waals surface area (Å²) in [6, 6.07) is 0. The van der Waals surface area contributed by atoms with Gasteiger partial charge in [0.15, 0.2) is 0 Å². The normalized spacial score (nSPS) is 16.8. The van der Waals surface area contributed by atoms with E-state index >= 15 is 0 Å². The molecule has 0 spiro atoms. The molecule has 82 valence electrons. The van der Waals surface area contributed by atoms with Crippen LogP contribution in [0.2, 0.25) is 0 Å². The predicted octanol–water partition coefficient (Wildman–Crippen LogP) is 2.86. The second-order valence-corrected chi connectivity index (χ2v) is 5.48. The van der Waals surface area contributed by atoms with Crippen LogP contribution in [-0.2, 0) is 4.79 Å². The number of carbonyl (C=O) groups excluding carboxylic acids is 1. The highest BCUT2D eigenvalue weighted by Gasteiger charge is 2.38. The topological polar surface area (TPSA) is 29.1 Å². The monoisotopic (exact) mass is 261 g/mol. The second kappa shape index (κ2) is 5.15. The van der Waals surface area contributed by atoms with Gasteiger partial charge >= 0.3 is 0 Å². The van der Waals surface area contributed by atoms with E-state index < -0.39 is 0 Å². The molecule has 1 aliphatic carbocycles. The van der Waals surface area contributed by atoms with Gasteiger partial charge in [0.2, 0.25) is 5.91 Å². The molecule has 0 bridgehead atoms. The molecule has 0 unspecified atom stereocenters. The Morgan fingerprint density at radius 1 is 1.43 bits per heavy atom. The number of carbonyl (C=O) groups is 1. The molecule has 0 aliphatic heterocycles. The lowest BCUT2D eigenvalue weighted by Crippen LogP contribution is -2.45. The van der Waals surface area contributed by atoms with E-state index in [-0.39, 0.29) is 11.4 Å². The highest BCUT2D eigenvalue weighted by molar-refractivity contribution is 9.09. The van der Waals surface area contributed by atoms with Crippen LogP contribution in [0.1, 0.15) is 46.0 Å². The maximum atomic E-state index is 11.5. The Balaban J connectivity index is 2.18. The van der Waals surface area contributed by atoms with Gasteiger partial charge in [-0.05, 0) is 45.4 Å². The van der Waals surface area contributed by atoms with Crippen LogP contribution in [0.4, 0.5) is 0 Å². The smallest absolute Gasteiger partial charge is 0.220 e. The lowest BCUT2D eigenvalue weighted by Gasteiger charge is -2.26. The zero-order valence-electron chi connectivity index (χ0n) is 9.11. The molecule has 2 nitrogen and oxygen atoms in total. The first kappa shape index (κ1) is 12.0. The van der Waals surface area contributed by atoms with Crippen molar-refractivity contribution in [3.63, 3.8) is 0 Å². The van der Waals surface area contributed by atoms with E-state index in [2.05, 4.69) is 35.1 Å². The van der Waals surface area contributed by atoms with E-state index in [1.54, 1.807) is 0 Å². The van der Waals surface area contributed by atoms with Gasteiger partial charge in [0.05, 0.1) is 0 Å². The molecule has 0 radical (unpaired) electrons. The van der Waals surface area contributed by atoms with Gasteiger partial charge in [0.1, 0.15) is 0 Å². The summed E-state index contributed by atoms with van der Waals surface area (Å²) in [5.41, 5.74) is 0.0193. The molecule has 1 N–H and O–H groups in total. The van der Waals surface area contributed by atoms with Crippen LogP contribution in [0.25, 0.3) is 0 Å². The van der Waals surface area contributed by atoms with Gasteiger partial charge in [-0.15, -0.1) is 0 Å². The van der Waals surface area contributed by atoms with Gasteiger partial charge in [-0.1, -0.05) is 15.9 Å². The highest BCUT2D eigenvalue weighted by Crippen LogP contribution is 2.39. The Hall–Kier alpha value is -0.0500. The number of nitrogens with one attached hydrogen (secondary N) is 1. The van der Waals surface area contributed by atoms with Gasteiger partial charge in [0, 0.05) is 17.3 Å². The molecule has 0 aromatic rings. The number of unbranched alkanes of at least 4 members (excludes halogenated alkanes) is 1. The molecule has 1 fully saturated rings. The molecular weight excluding hydrogens is 242 g/mol. The number of halogens is 1. The van der Waals surface area contributed by atoms with Crippen molar-refractivity contribution < 1.29 is 4.79 Å². The molecule has 0 aromatic heterocycles. The van der Waals surface area contributed by atoms with Crippen molar-refractivity contribution >= 4 is 21.8 Å². The van der Waals surface area contributed by atoms with Crippen LogP contribution < -0.4 is 5.32 Å². The largest absolute Gasteiger partial charge is 0.351 e. The first-order valence-electron chi connectivity index (χ1n) is 5.43. The van der Waals surface area contributed by atoms with Crippen molar-refractivity contribution in [3.8, 4) is 0 Å². The van der Waals surface area contributed by atoms with Gasteiger partial charge in [0.25, 0.3) is 0 Å². The van der Waals surface area contributed by atoms with E-state index in [1.165, 1.54) is 12.8 Å². The number of amides is 1. The zero-order chi connectivity index (χ0) is 10.6. The molecular formula is C11H20BrNO. The number of rotatable bonds is 6. The lowest BCUT2D eigenvalue weighted by atomic mass is 9.98. The summed E-state index contributed by atoms with van der Waals surface area (Å²) in [5, 5.41) is 4.12. The van der Waals surface area contributed by atoms with Crippen LogP contribution in [-0.4, -0.2) is 16.8 Å². The Labute approximate surface area is 95.0 Å². The van der Waals surface area contributed by atoms with Crippen molar-refractivity contribution in [2.24, 2.45) is 5.92 Å².